The first-order valence-corrected chi connectivity index (χ1v) is 5.85. The smallest absolute Gasteiger partial charge is 0.202 e. The highest BCUT2D eigenvalue weighted by Gasteiger charge is 2.09. The third-order valence-corrected chi connectivity index (χ3v) is 2.65. The largest absolute Gasteiger partial charge is 0.360 e. The van der Waals surface area contributed by atoms with E-state index in [0.29, 0.717) is 5.41 Å². The van der Waals surface area contributed by atoms with E-state index >= 15 is 0 Å². The average molecular weight is 213 g/mol. The highest BCUT2D eigenvalue weighted by Crippen LogP contribution is 2.19. The number of nitrogens with one attached hydrogen (secondary N) is 1. The predicted octanol–water partition coefficient (Wildman–Crippen LogP) is 2.95. The van der Waals surface area contributed by atoms with E-state index in [-0.39, 0.29) is 0 Å². The van der Waals surface area contributed by atoms with Gasteiger partial charge in [0.15, 0.2) is 0 Å². The van der Waals surface area contributed by atoms with Crippen molar-refractivity contribution in [1.82, 2.24) is 9.36 Å². The molecule has 1 heterocycles. The van der Waals surface area contributed by atoms with Gasteiger partial charge in [-0.25, -0.2) is 4.98 Å². The normalized spacial score (nSPS) is 11.7. The Labute approximate surface area is 90.1 Å². The van der Waals surface area contributed by atoms with Crippen LogP contribution in [-0.4, -0.2) is 15.9 Å². The average Bonchev–Trinajstić information content (AvgIpc) is 2.50. The van der Waals surface area contributed by atoms with Crippen LogP contribution >= 0.6 is 11.5 Å². The molecule has 14 heavy (non-hydrogen) atoms. The molecule has 1 N–H and O–H groups in total. The quantitative estimate of drug-likeness (QED) is 0.835. The second kappa shape index (κ2) is 4.73. The monoisotopic (exact) mass is 213 g/mol. The van der Waals surface area contributed by atoms with Crippen LogP contribution < -0.4 is 5.32 Å². The number of aryl methyl sites for hydroxylation is 1. The molecule has 0 aliphatic carbocycles. The van der Waals surface area contributed by atoms with Gasteiger partial charge in [0, 0.05) is 24.5 Å². The summed E-state index contributed by atoms with van der Waals surface area (Å²) in [6.45, 7) is 9.77. The summed E-state index contributed by atoms with van der Waals surface area (Å²) in [4.78, 5) is 4.34. The Kier molecular flexibility index (Phi) is 3.86. The van der Waals surface area contributed by atoms with E-state index in [2.05, 4.69) is 42.4 Å². The number of hydrogen-bond acceptors (Lipinski definition) is 4. The summed E-state index contributed by atoms with van der Waals surface area (Å²) in [6.07, 6.45) is 2.06. The van der Waals surface area contributed by atoms with Crippen LogP contribution in [0.3, 0.4) is 0 Å². The molecule has 0 unspecified atom stereocenters. The molecular formula is C10H19N3S. The van der Waals surface area contributed by atoms with Crippen molar-refractivity contribution < 1.29 is 0 Å². The van der Waals surface area contributed by atoms with Crippen molar-refractivity contribution in [3.8, 4) is 0 Å². The molecule has 0 saturated carbocycles. The molecule has 0 fully saturated rings. The summed E-state index contributed by atoms with van der Waals surface area (Å²) in [5.41, 5.74) is 0.380. The fourth-order valence-electron chi connectivity index (χ4n) is 1.01. The van der Waals surface area contributed by atoms with Crippen molar-refractivity contribution in [3.05, 3.63) is 5.82 Å². The van der Waals surface area contributed by atoms with Gasteiger partial charge in [-0.2, -0.15) is 4.37 Å². The van der Waals surface area contributed by atoms with Gasteiger partial charge in [-0.1, -0.05) is 27.7 Å². The van der Waals surface area contributed by atoms with Crippen LogP contribution in [0.25, 0.3) is 0 Å². The Morgan fingerprint density at radius 1 is 1.36 bits per heavy atom. The van der Waals surface area contributed by atoms with E-state index in [1.54, 1.807) is 0 Å². The van der Waals surface area contributed by atoms with E-state index in [0.717, 1.165) is 30.3 Å². The zero-order chi connectivity index (χ0) is 10.6. The minimum atomic E-state index is 0.380. The standard InChI is InChI=1S/C10H19N3S/c1-5-8-12-9(14-13-8)11-7-6-10(2,3)4/h5-7H2,1-4H3,(H,11,12,13). The first-order valence-electron chi connectivity index (χ1n) is 5.08. The van der Waals surface area contributed by atoms with Crippen molar-refractivity contribution in [2.24, 2.45) is 5.41 Å². The first-order chi connectivity index (χ1) is 6.51. The number of anilines is 1. The van der Waals surface area contributed by atoms with Crippen LogP contribution in [0, 0.1) is 5.41 Å². The SMILES string of the molecule is CCc1nsc(NCCC(C)(C)C)n1. The van der Waals surface area contributed by atoms with Gasteiger partial charge in [0.05, 0.1) is 0 Å². The fourth-order valence-corrected chi connectivity index (χ4v) is 1.69. The highest BCUT2D eigenvalue weighted by molar-refractivity contribution is 7.09. The Hall–Kier alpha value is -0.640. The van der Waals surface area contributed by atoms with E-state index in [1.165, 1.54) is 11.5 Å². The molecule has 1 rings (SSSR count). The van der Waals surface area contributed by atoms with Crippen LogP contribution in [0.5, 0.6) is 0 Å². The molecule has 0 radical (unpaired) electrons. The van der Waals surface area contributed by atoms with E-state index < -0.39 is 0 Å². The van der Waals surface area contributed by atoms with Gasteiger partial charge < -0.3 is 5.32 Å². The molecule has 0 aliphatic rings. The molecule has 3 nitrogen and oxygen atoms in total. The van der Waals surface area contributed by atoms with Gasteiger partial charge in [-0.15, -0.1) is 0 Å². The molecule has 80 valence electrons. The summed E-state index contributed by atoms with van der Waals surface area (Å²) in [6, 6.07) is 0. The molecular weight excluding hydrogens is 194 g/mol. The zero-order valence-electron chi connectivity index (χ0n) is 9.42. The third kappa shape index (κ3) is 4.05. The number of aromatic nitrogens is 2. The molecule has 0 saturated heterocycles. The predicted molar refractivity (Wildman–Crippen MR) is 61.8 cm³/mol. The first kappa shape index (κ1) is 11.4. The Morgan fingerprint density at radius 3 is 2.57 bits per heavy atom. The molecule has 1 aromatic rings. The van der Waals surface area contributed by atoms with Crippen molar-refractivity contribution in [1.29, 1.82) is 0 Å². The Bertz CT molecular complexity index is 275. The van der Waals surface area contributed by atoms with Crippen molar-refractivity contribution >= 4 is 16.7 Å². The van der Waals surface area contributed by atoms with Crippen molar-refractivity contribution in [2.75, 3.05) is 11.9 Å². The molecule has 4 heteroatoms. The molecule has 0 aromatic carbocycles. The summed E-state index contributed by atoms with van der Waals surface area (Å²) in [5.74, 6) is 0.938. The Morgan fingerprint density at radius 2 is 2.07 bits per heavy atom. The highest BCUT2D eigenvalue weighted by atomic mass is 32.1. The van der Waals surface area contributed by atoms with Gasteiger partial charge in [-0.05, 0) is 11.8 Å². The lowest BCUT2D eigenvalue weighted by Crippen LogP contribution is -2.12. The van der Waals surface area contributed by atoms with Crippen LogP contribution in [0.15, 0.2) is 0 Å². The van der Waals surface area contributed by atoms with Crippen LogP contribution in [0.2, 0.25) is 0 Å². The van der Waals surface area contributed by atoms with Crippen molar-refractivity contribution in [2.45, 2.75) is 40.5 Å². The maximum Gasteiger partial charge on any atom is 0.202 e. The minimum absolute atomic E-state index is 0.380. The third-order valence-electron chi connectivity index (χ3n) is 1.94. The summed E-state index contributed by atoms with van der Waals surface area (Å²) in [7, 11) is 0. The lowest BCUT2D eigenvalue weighted by Gasteiger charge is -2.17. The van der Waals surface area contributed by atoms with E-state index in [1.807, 2.05) is 0 Å². The Balaban J connectivity index is 2.31. The van der Waals surface area contributed by atoms with Crippen LogP contribution in [0.1, 0.15) is 39.9 Å². The molecule has 0 bridgehead atoms. The summed E-state index contributed by atoms with van der Waals surface area (Å²) in [5, 5.41) is 4.25. The molecule has 0 amide bonds. The lowest BCUT2D eigenvalue weighted by atomic mass is 9.92. The maximum atomic E-state index is 4.34. The van der Waals surface area contributed by atoms with Crippen molar-refractivity contribution in [3.63, 3.8) is 0 Å². The fraction of sp³-hybridized carbons (Fsp3) is 0.800. The minimum Gasteiger partial charge on any atom is -0.360 e. The van der Waals surface area contributed by atoms with Gasteiger partial charge in [0.25, 0.3) is 0 Å². The second-order valence-corrected chi connectivity index (χ2v) is 5.36. The van der Waals surface area contributed by atoms with Crippen LogP contribution in [-0.2, 0) is 6.42 Å². The number of rotatable bonds is 4. The van der Waals surface area contributed by atoms with Gasteiger partial charge in [0.2, 0.25) is 5.13 Å². The molecule has 0 aliphatic heterocycles. The summed E-state index contributed by atoms with van der Waals surface area (Å²) >= 11 is 1.45. The number of nitrogens with zero attached hydrogens (tertiary/aromatic N) is 2. The van der Waals surface area contributed by atoms with E-state index in [4.69, 9.17) is 0 Å². The molecule has 0 spiro atoms. The van der Waals surface area contributed by atoms with Gasteiger partial charge in [0.1, 0.15) is 5.82 Å². The molecule has 0 atom stereocenters. The molecule has 1 aromatic heterocycles. The zero-order valence-corrected chi connectivity index (χ0v) is 10.2. The van der Waals surface area contributed by atoms with E-state index in [9.17, 15) is 0 Å². The number of hydrogen-bond donors (Lipinski definition) is 1. The van der Waals surface area contributed by atoms with Gasteiger partial charge >= 0.3 is 0 Å². The van der Waals surface area contributed by atoms with Gasteiger partial charge in [-0.3, -0.25) is 0 Å². The van der Waals surface area contributed by atoms with Crippen LogP contribution in [0.4, 0.5) is 5.13 Å². The topological polar surface area (TPSA) is 37.8 Å². The second-order valence-electron chi connectivity index (χ2n) is 4.61. The lowest BCUT2D eigenvalue weighted by molar-refractivity contribution is 0.390. The summed E-state index contributed by atoms with van der Waals surface area (Å²) < 4.78 is 4.22. The maximum absolute atomic E-state index is 4.34.